The number of benzene rings is 2. The van der Waals surface area contributed by atoms with E-state index < -0.39 is 27.7 Å². The Morgan fingerprint density at radius 3 is 2.34 bits per heavy atom. The maximum Gasteiger partial charge on any atom is 0.418 e. The van der Waals surface area contributed by atoms with Crippen LogP contribution in [0, 0.1) is 0 Å². The summed E-state index contributed by atoms with van der Waals surface area (Å²) in [5.41, 5.74) is 1.61. The molecule has 0 aliphatic heterocycles. The van der Waals surface area contributed by atoms with Gasteiger partial charge in [0.2, 0.25) is 0 Å². The lowest BCUT2D eigenvalue weighted by Crippen LogP contribution is -2.45. The molecule has 236 valence electrons. The van der Waals surface area contributed by atoms with Crippen molar-refractivity contribution in [1.82, 2.24) is 19.9 Å². The number of amides is 3. The van der Waals surface area contributed by atoms with Crippen LogP contribution in [0.5, 0.6) is 5.75 Å². The fourth-order valence-corrected chi connectivity index (χ4v) is 5.94. The first-order chi connectivity index (χ1) is 20.9. The number of nitrogens with zero attached hydrogens (tertiary/aromatic N) is 1. The van der Waals surface area contributed by atoms with E-state index in [2.05, 4.69) is 15.4 Å². The van der Waals surface area contributed by atoms with Gasteiger partial charge in [0.05, 0.1) is 23.3 Å². The van der Waals surface area contributed by atoms with Gasteiger partial charge in [-0.1, -0.05) is 31.4 Å². The third-order valence-electron chi connectivity index (χ3n) is 7.18. The average molecular weight is 625 g/mol. The summed E-state index contributed by atoms with van der Waals surface area (Å²) >= 11 is 0. The quantitative estimate of drug-likeness (QED) is 0.295. The van der Waals surface area contributed by atoms with Gasteiger partial charge in [-0.2, -0.15) is 0 Å². The second-order valence-electron chi connectivity index (χ2n) is 11.7. The van der Waals surface area contributed by atoms with Crippen LogP contribution >= 0.6 is 0 Å². The molecule has 0 atom stereocenters. The van der Waals surface area contributed by atoms with Crippen molar-refractivity contribution in [2.75, 3.05) is 13.7 Å². The summed E-state index contributed by atoms with van der Waals surface area (Å²) in [5.74, 6) is 0.00246. The predicted molar refractivity (Wildman–Crippen MR) is 166 cm³/mol. The lowest BCUT2D eigenvalue weighted by Gasteiger charge is -2.22. The molecule has 0 unspecified atom stereocenters. The first kappa shape index (κ1) is 32.6. The first-order valence-electron chi connectivity index (χ1n) is 14.7. The van der Waals surface area contributed by atoms with Crippen molar-refractivity contribution in [3.05, 3.63) is 71.9 Å². The van der Waals surface area contributed by atoms with E-state index in [1.165, 1.54) is 23.8 Å². The number of carbonyl (C=O) groups excluding carboxylic acids is 3. The van der Waals surface area contributed by atoms with Crippen LogP contribution in [0.1, 0.15) is 68.8 Å². The number of urea groups is 1. The van der Waals surface area contributed by atoms with Gasteiger partial charge in [-0.25, -0.2) is 22.7 Å². The number of sulfonamides is 1. The highest BCUT2D eigenvalue weighted by Crippen LogP contribution is 2.28. The molecule has 1 aliphatic rings. The van der Waals surface area contributed by atoms with Gasteiger partial charge in [-0.3, -0.25) is 9.36 Å². The van der Waals surface area contributed by atoms with Crippen LogP contribution in [0.25, 0.3) is 11.3 Å². The molecule has 0 spiro atoms. The number of ether oxygens (including phenoxy) is 2. The molecule has 3 N–H and O–H groups in total. The number of hydrogen-bond donors (Lipinski definition) is 3. The summed E-state index contributed by atoms with van der Waals surface area (Å²) < 4.78 is 39.7. The minimum atomic E-state index is -4.02. The van der Waals surface area contributed by atoms with E-state index in [0.717, 1.165) is 37.7 Å². The summed E-state index contributed by atoms with van der Waals surface area (Å²) in [6.07, 6.45) is 6.36. The second kappa shape index (κ2) is 14.0. The number of rotatable bonds is 9. The Bertz CT molecular complexity index is 1590. The van der Waals surface area contributed by atoms with Gasteiger partial charge in [-0.15, -0.1) is 0 Å². The molecule has 1 aromatic heterocycles. The Morgan fingerprint density at radius 2 is 1.68 bits per heavy atom. The number of carbonyl (C=O) groups is 3. The molecule has 11 nitrogen and oxygen atoms in total. The average Bonchev–Trinajstić information content (AvgIpc) is 3.47. The van der Waals surface area contributed by atoms with Crippen molar-refractivity contribution in [3.8, 4) is 17.0 Å². The molecule has 0 saturated heterocycles. The van der Waals surface area contributed by atoms with Crippen molar-refractivity contribution < 1.29 is 32.3 Å². The van der Waals surface area contributed by atoms with Crippen LogP contribution in [0.4, 0.5) is 9.59 Å². The van der Waals surface area contributed by atoms with E-state index in [0.29, 0.717) is 29.0 Å². The van der Waals surface area contributed by atoms with Crippen molar-refractivity contribution in [2.45, 2.75) is 75.8 Å². The van der Waals surface area contributed by atoms with E-state index in [1.807, 2.05) is 0 Å². The molecular formula is C32H40N4O7S. The zero-order valence-corrected chi connectivity index (χ0v) is 26.3. The largest absolute Gasteiger partial charge is 0.496 e. The fourth-order valence-electron chi connectivity index (χ4n) is 5.02. The van der Waals surface area contributed by atoms with Crippen molar-refractivity contribution >= 4 is 28.1 Å². The highest BCUT2D eigenvalue weighted by atomic mass is 32.2. The standard InChI is InChI=1S/C32H40N4O7S/c1-32(2,3)43-31(39)36-20-8-11-27(36)23-14-17-28(42-4)26(21-23)29(37)33-19-18-22-12-15-25(16-13-22)44(40,41)35-30(38)34-24-9-6-5-7-10-24/h8,11-17,20-21,24H,5-7,9-10,18-19H2,1-4H3,(H,33,37)(H2,34,35,38). The van der Waals surface area contributed by atoms with Crippen molar-refractivity contribution in [1.29, 1.82) is 0 Å². The van der Waals surface area contributed by atoms with Gasteiger partial charge in [0, 0.05) is 18.8 Å². The summed E-state index contributed by atoms with van der Waals surface area (Å²) in [6, 6.07) is 14.0. The molecule has 1 saturated carbocycles. The molecule has 12 heteroatoms. The summed E-state index contributed by atoms with van der Waals surface area (Å²) in [7, 11) is -2.55. The summed E-state index contributed by atoms with van der Waals surface area (Å²) in [5, 5.41) is 5.61. The third kappa shape index (κ3) is 8.62. The van der Waals surface area contributed by atoms with Gasteiger partial charge >= 0.3 is 12.1 Å². The molecule has 3 amide bonds. The Morgan fingerprint density at radius 1 is 0.977 bits per heavy atom. The molecule has 0 bridgehead atoms. The maximum absolute atomic E-state index is 13.2. The van der Waals surface area contributed by atoms with Gasteiger partial charge in [-0.05, 0) is 93.6 Å². The van der Waals surface area contributed by atoms with E-state index >= 15 is 0 Å². The second-order valence-corrected chi connectivity index (χ2v) is 13.4. The zero-order chi connectivity index (χ0) is 31.9. The van der Waals surface area contributed by atoms with Crippen molar-refractivity contribution in [2.24, 2.45) is 0 Å². The smallest absolute Gasteiger partial charge is 0.418 e. The summed E-state index contributed by atoms with van der Waals surface area (Å²) in [4.78, 5) is 38.1. The van der Waals surface area contributed by atoms with E-state index in [9.17, 15) is 22.8 Å². The molecule has 4 rings (SSSR count). The maximum atomic E-state index is 13.2. The number of methoxy groups -OCH3 is 1. The lowest BCUT2D eigenvalue weighted by molar-refractivity contribution is 0.0540. The normalized spacial score (nSPS) is 14.0. The van der Waals surface area contributed by atoms with Crippen LogP contribution in [0.3, 0.4) is 0 Å². The molecule has 1 aliphatic carbocycles. The van der Waals surface area contributed by atoms with Gasteiger partial charge in [0.1, 0.15) is 11.4 Å². The molecule has 1 fully saturated rings. The Hall–Kier alpha value is -4.32. The third-order valence-corrected chi connectivity index (χ3v) is 8.53. The summed E-state index contributed by atoms with van der Waals surface area (Å²) in [6.45, 7) is 5.64. The van der Waals surface area contributed by atoms with E-state index in [4.69, 9.17) is 9.47 Å². The monoisotopic (exact) mass is 624 g/mol. The number of aromatic nitrogens is 1. The van der Waals surface area contributed by atoms with Crippen molar-refractivity contribution in [3.63, 3.8) is 0 Å². The van der Waals surface area contributed by atoms with E-state index in [-0.39, 0.29) is 23.4 Å². The minimum Gasteiger partial charge on any atom is -0.496 e. The lowest BCUT2D eigenvalue weighted by atomic mass is 9.96. The molecule has 1 heterocycles. The van der Waals surface area contributed by atoms with Gasteiger partial charge < -0.3 is 20.1 Å². The predicted octanol–water partition coefficient (Wildman–Crippen LogP) is 5.24. The molecular weight excluding hydrogens is 584 g/mol. The first-order valence-corrected chi connectivity index (χ1v) is 16.1. The van der Waals surface area contributed by atoms with E-state index in [1.54, 1.807) is 69.4 Å². The van der Waals surface area contributed by atoms with Crippen LogP contribution in [0.2, 0.25) is 0 Å². The number of hydrogen-bond acceptors (Lipinski definition) is 7. The Labute approximate surface area is 258 Å². The van der Waals surface area contributed by atoms with Crippen LogP contribution in [-0.4, -0.2) is 56.3 Å². The Balaban J connectivity index is 1.36. The number of nitrogens with one attached hydrogen (secondary N) is 3. The fraction of sp³-hybridized carbons (Fsp3) is 0.406. The molecule has 3 aromatic rings. The minimum absolute atomic E-state index is 0.0114. The zero-order valence-electron chi connectivity index (χ0n) is 25.5. The van der Waals surface area contributed by atoms with Crippen LogP contribution in [0.15, 0.2) is 65.7 Å². The molecule has 2 aromatic carbocycles. The molecule has 44 heavy (non-hydrogen) atoms. The van der Waals surface area contributed by atoms with Gasteiger partial charge in [0.15, 0.2) is 0 Å². The topological polar surface area (TPSA) is 145 Å². The highest BCUT2D eigenvalue weighted by molar-refractivity contribution is 7.90. The molecule has 0 radical (unpaired) electrons. The van der Waals surface area contributed by atoms with Crippen LogP contribution in [-0.2, 0) is 21.2 Å². The SMILES string of the molecule is COc1ccc(-c2cccn2C(=O)OC(C)(C)C)cc1C(=O)NCCc1ccc(S(=O)(=O)NC(=O)NC2CCCCC2)cc1. The van der Waals surface area contributed by atoms with Gasteiger partial charge in [0.25, 0.3) is 15.9 Å². The Kier molecular flexibility index (Phi) is 10.4. The highest BCUT2D eigenvalue weighted by Gasteiger charge is 2.23. The van der Waals surface area contributed by atoms with Crippen LogP contribution < -0.4 is 20.1 Å².